The number of rotatable bonds is 4. The van der Waals surface area contributed by atoms with Gasteiger partial charge in [0.05, 0.1) is 22.1 Å². The number of phenols is 1. The lowest BCUT2D eigenvalue weighted by Crippen LogP contribution is -2.25. The highest BCUT2D eigenvalue weighted by atomic mass is 79.9. The average molecular weight is 426 g/mol. The van der Waals surface area contributed by atoms with Crippen LogP contribution in [0.3, 0.4) is 0 Å². The molecule has 0 fully saturated rings. The van der Waals surface area contributed by atoms with E-state index in [1.807, 2.05) is 0 Å². The van der Waals surface area contributed by atoms with Crippen LogP contribution in [0.25, 0.3) is 0 Å². The Balaban J connectivity index is 2.57. The van der Waals surface area contributed by atoms with Gasteiger partial charge in [-0.25, -0.2) is 17.8 Å². The Bertz CT molecular complexity index is 866. The zero-order chi connectivity index (χ0) is 17.4. The van der Waals surface area contributed by atoms with E-state index in [1.54, 1.807) is 0 Å². The van der Waals surface area contributed by atoms with Crippen molar-refractivity contribution in [1.29, 1.82) is 0 Å². The van der Waals surface area contributed by atoms with E-state index in [0.717, 1.165) is 22.7 Å². The molecule has 1 aromatic carbocycles. The number of anilines is 3. The summed E-state index contributed by atoms with van der Waals surface area (Å²) in [4.78, 5) is 7.68. The number of aromatic hydroxyl groups is 1. The van der Waals surface area contributed by atoms with E-state index in [1.165, 1.54) is 13.2 Å². The molecule has 0 aliphatic rings. The van der Waals surface area contributed by atoms with Crippen molar-refractivity contribution in [2.24, 2.45) is 0 Å². The van der Waals surface area contributed by atoms with Crippen LogP contribution in [0.2, 0.25) is 5.28 Å². The maximum Gasteiger partial charge on any atom is 0.232 e. The van der Waals surface area contributed by atoms with Crippen molar-refractivity contribution >= 4 is 54.7 Å². The summed E-state index contributed by atoms with van der Waals surface area (Å²) in [7, 11) is -2.36. The third kappa shape index (κ3) is 4.01. The lowest BCUT2D eigenvalue weighted by atomic mass is 10.2. The number of nitrogens with zero attached hydrogens (tertiary/aromatic N) is 3. The summed E-state index contributed by atoms with van der Waals surface area (Å²) in [5.74, 6) is -1.39. The van der Waals surface area contributed by atoms with E-state index in [0.29, 0.717) is 4.47 Å². The van der Waals surface area contributed by atoms with Crippen LogP contribution < -0.4 is 9.62 Å². The highest BCUT2D eigenvalue weighted by molar-refractivity contribution is 9.10. The maximum absolute atomic E-state index is 13.7. The Morgan fingerprint density at radius 2 is 2.09 bits per heavy atom. The lowest BCUT2D eigenvalue weighted by Gasteiger charge is -2.21. The number of phenolic OH excluding ortho intramolecular Hbond substituents is 1. The molecule has 7 nitrogen and oxygen atoms in total. The first-order valence-corrected chi connectivity index (χ1v) is 9.03. The van der Waals surface area contributed by atoms with E-state index in [4.69, 9.17) is 11.6 Å². The molecule has 1 heterocycles. The average Bonchev–Trinajstić information content (AvgIpc) is 2.44. The molecule has 0 aliphatic carbocycles. The predicted molar refractivity (Wildman–Crippen MR) is 89.3 cm³/mol. The number of sulfonamides is 1. The summed E-state index contributed by atoms with van der Waals surface area (Å²) in [5, 5.41) is 12.2. The molecule has 0 amide bonds. The minimum Gasteiger partial charge on any atom is -0.505 e. The summed E-state index contributed by atoms with van der Waals surface area (Å²) in [6.07, 6.45) is 2.36. The van der Waals surface area contributed by atoms with Crippen LogP contribution in [0.4, 0.5) is 21.6 Å². The fraction of sp³-hybridized carbons (Fsp3) is 0.167. The van der Waals surface area contributed by atoms with Gasteiger partial charge in [0, 0.05) is 25.4 Å². The number of benzene rings is 1. The van der Waals surface area contributed by atoms with E-state index in [-0.39, 0.29) is 22.5 Å². The van der Waals surface area contributed by atoms with Crippen LogP contribution in [0.15, 0.2) is 22.8 Å². The SMILES string of the molecule is CN(c1cc(O)c(F)cc1Nc1nc(Cl)ncc1Br)S(C)(=O)=O. The molecule has 23 heavy (non-hydrogen) atoms. The number of halogens is 3. The molecule has 0 bridgehead atoms. The van der Waals surface area contributed by atoms with Crippen molar-refractivity contribution in [3.8, 4) is 5.75 Å². The Kier molecular flexibility index (Phi) is 4.97. The van der Waals surface area contributed by atoms with E-state index >= 15 is 0 Å². The van der Waals surface area contributed by atoms with E-state index in [9.17, 15) is 17.9 Å². The van der Waals surface area contributed by atoms with Crippen LogP contribution >= 0.6 is 27.5 Å². The van der Waals surface area contributed by atoms with Crippen LogP contribution in [0.1, 0.15) is 0 Å². The van der Waals surface area contributed by atoms with Gasteiger partial charge in [0.15, 0.2) is 11.6 Å². The molecule has 0 unspecified atom stereocenters. The Morgan fingerprint density at radius 3 is 2.70 bits per heavy atom. The quantitative estimate of drug-likeness (QED) is 0.578. The van der Waals surface area contributed by atoms with Crippen LogP contribution in [0.5, 0.6) is 5.75 Å². The van der Waals surface area contributed by atoms with Crippen LogP contribution in [-0.4, -0.2) is 36.8 Å². The molecule has 124 valence electrons. The smallest absolute Gasteiger partial charge is 0.232 e. The summed E-state index contributed by atoms with van der Waals surface area (Å²) in [5.41, 5.74) is 0.108. The highest BCUT2D eigenvalue weighted by Crippen LogP contribution is 2.36. The fourth-order valence-corrected chi connectivity index (χ4v) is 2.58. The Labute approximate surface area is 145 Å². The number of hydrogen-bond acceptors (Lipinski definition) is 6. The number of aromatic nitrogens is 2. The van der Waals surface area contributed by atoms with Crippen molar-refractivity contribution < 1.29 is 17.9 Å². The van der Waals surface area contributed by atoms with Gasteiger partial charge in [0.2, 0.25) is 15.3 Å². The minimum atomic E-state index is -3.63. The number of nitrogens with one attached hydrogen (secondary N) is 1. The zero-order valence-electron chi connectivity index (χ0n) is 11.9. The highest BCUT2D eigenvalue weighted by Gasteiger charge is 2.20. The fourth-order valence-electron chi connectivity index (χ4n) is 1.65. The molecular formula is C12H11BrClFN4O3S. The zero-order valence-corrected chi connectivity index (χ0v) is 15.0. The van der Waals surface area contributed by atoms with Gasteiger partial charge < -0.3 is 10.4 Å². The molecule has 0 radical (unpaired) electrons. The van der Waals surface area contributed by atoms with Gasteiger partial charge in [0.1, 0.15) is 5.82 Å². The molecule has 0 spiro atoms. The molecule has 2 N–H and O–H groups in total. The molecule has 0 saturated heterocycles. The van der Waals surface area contributed by atoms with Crippen molar-refractivity contribution in [2.45, 2.75) is 0 Å². The van der Waals surface area contributed by atoms with Gasteiger partial charge >= 0.3 is 0 Å². The molecule has 2 rings (SSSR count). The molecule has 0 atom stereocenters. The van der Waals surface area contributed by atoms with Gasteiger partial charge in [0.25, 0.3) is 0 Å². The third-order valence-corrected chi connectivity index (χ3v) is 4.82. The molecule has 11 heteroatoms. The first-order valence-electron chi connectivity index (χ1n) is 6.01. The summed E-state index contributed by atoms with van der Waals surface area (Å²) in [6, 6.07) is 1.95. The topological polar surface area (TPSA) is 95.4 Å². The summed E-state index contributed by atoms with van der Waals surface area (Å²) >= 11 is 8.91. The van der Waals surface area contributed by atoms with Gasteiger partial charge in [-0.15, -0.1) is 0 Å². The minimum absolute atomic E-state index is 0.0352. The Morgan fingerprint density at radius 1 is 1.43 bits per heavy atom. The molecule has 1 aromatic heterocycles. The largest absolute Gasteiger partial charge is 0.505 e. The summed E-state index contributed by atoms with van der Waals surface area (Å²) < 4.78 is 38.4. The third-order valence-electron chi connectivity index (χ3n) is 2.87. The maximum atomic E-state index is 13.7. The first kappa shape index (κ1) is 17.7. The van der Waals surface area contributed by atoms with Crippen LogP contribution in [0, 0.1) is 5.82 Å². The van der Waals surface area contributed by atoms with Gasteiger partial charge in [-0.1, -0.05) is 0 Å². The monoisotopic (exact) mass is 424 g/mol. The van der Waals surface area contributed by atoms with Crippen molar-refractivity contribution in [3.05, 3.63) is 33.9 Å². The van der Waals surface area contributed by atoms with E-state index in [2.05, 4.69) is 31.2 Å². The molecule has 2 aromatic rings. The normalized spacial score (nSPS) is 11.3. The van der Waals surface area contributed by atoms with Crippen molar-refractivity contribution in [1.82, 2.24) is 9.97 Å². The van der Waals surface area contributed by atoms with Crippen molar-refractivity contribution in [2.75, 3.05) is 22.9 Å². The van der Waals surface area contributed by atoms with Gasteiger partial charge in [-0.2, -0.15) is 4.98 Å². The van der Waals surface area contributed by atoms with Gasteiger partial charge in [-0.05, 0) is 27.5 Å². The van der Waals surface area contributed by atoms with E-state index < -0.39 is 21.6 Å². The lowest BCUT2D eigenvalue weighted by molar-refractivity contribution is 0.433. The second kappa shape index (κ2) is 6.46. The molecule has 0 saturated carbocycles. The predicted octanol–water partition coefficient (Wildman–Crippen LogP) is 2.88. The molecular weight excluding hydrogens is 415 g/mol. The Hall–Kier alpha value is -1.65. The first-order chi connectivity index (χ1) is 10.6. The van der Waals surface area contributed by atoms with Gasteiger partial charge in [-0.3, -0.25) is 4.31 Å². The number of hydrogen-bond donors (Lipinski definition) is 2. The van der Waals surface area contributed by atoms with Crippen molar-refractivity contribution in [3.63, 3.8) is 0 Å². The molecule has 0 aliphatic heterocycles. The second-order valence-electron chi connectivity index (χ2n) is 4.51. The summed E-state index contributed by atoms with van der Waals surface area (Å²) in [6.45, 7) is 0. The standard InChI is InChI=1S/C12H11BrClFN4O3S/c1-19(23(2,21)22)9-4-10(20)7(15)3-8(9)17-11-6(13)5-16-12(14)18-11/h3-5,20H,1-2H3,(H,16,17,18). The second-order valence-corrected chi connectivity index (χ2v) is 7.72. The van der Waals surface area contributed by atoms with Crippen LogP contribution in [-0.2, 0) is 10.0 Å².